The fourth-order valence-electron chi connectivity index (χ4n) is 2.32. The number of nitrogens with one attached hydrogen (secondary N) is 3. The van der Waals surface area contributed by atoms with Gasteiger partial charge in [0.1, 0.15) is 0 Å². The Bertz CT molecular complexity index is 590. The Kier molecular flexibility index (Phi) is 3.52. The Hall–Kier alpha value is -2.14. The molecule has 0 aliphatic carbocycles. The molecule has 1 aliphatic rings. The molecule has 104 valence electrons. The molecule has 1 aliphatic heterocycles. The third-order valence-electron chi connectivity index (χ3n) is 3.88. The van der Waals surface area contributed by atoms with Gasteiger partial charge in [-0.3, -0.25) is 9.89 Å². The Morgan fingerprint density at radius 2 is 2.25 bits per heavy atom. The monoisotopic (exact) mass is 270 g/mol. The normalized spacial score (nSPS) is 16.4. The lowest BCUT2D eigenvalue weighted by atomic mass is 9.88. The maximum Gasteiger partial charge on any atom is 0.227 e. The van der Waals surface area contributed by atoms with E-state index in [1.165, 1.54) is 0 Å². The summed E-state index contributed by atoms with van der Waals surface area (Å²) in [5.74, 6) is 0.566. The number of benzene rings is 1. The molecule has 0 saturated carbocycles. The predicted octanol–water partition coefficient (Wildman–Crippen LogP) is 1.87. The van der Waals surface area contributed by atoms with Crippen LogP contribution in [0, 0.1) is 11.8 Å². The van der Waals surface area contributed by atoms with E-state index in [9.17, 15) is 4.79 Å². The second kappa shape index (κ2) is 5.46. The van der Waals surface area contributed by atoms with Crippen molar-refractivity contribution < 1.29 is 4.79 Å². The van der Waals surface area contributed by atoms with Crippen LogP contribution >= 0.6 is 0 Å². The minimum Gasteiger partial charge on any atom is -0.326 e. The summed E-state index contributed by atoms with van der Waals surface area (Å²) < 4.78 is 0. The fraction of sp³-hybridized carbons (Fsp3) is 0.333. The Labute approximate surface area is 117 Å². The van der Waals surface area contributed by atoms with E-state index in [1.54, 1.807) is 6.20 Å². The summed E-state index contributed by atoms with van der Waals surface area (Å²) in [5.41, 5.74) is 2.77. The second-order valence-electron chi connectivity index (χ2n) is 5.25. The molecular weight excluding hydrogens is 252 g/mol. The van der Waals surface area contributed by atoms with Gasteiger partial charge in [-0.15, -0.1) is 0 Å². The van der Waals surface area contributed by atoms with Crippen molar-refractivity contribution in [1.29, 1.82) is 0 Å². The molecule has 5 heteroatoms. The molecule has 2 heterocycles. The average molecular weight is 270 g/mol. The molecule has 1 aromatic heterocycles. The molecular formula is C15H18N4O. The Morgan fingerprint density at radius 3 is 2.90 bits per heavy atom. The lowest BCUT2D eigenvalue weighted by Crippen LogP contribution is -2.48. The smallest absolute Gasteiger partial charge is 0.227 e. The number of nitrogens with zero attached hydrogens (tertiary/aromatic N) is 1. The molecule has 3 rings (SSSR count). The number of amides is 1. The molecule has 5 nitrogen and oxygen atoms in total. The number of carbonyl (C=O) groups excluding carboxylic acids is 1. The number of carbonyl (C=O) groups is 1. The largest absolute Gasteiger partial charge is 0.326 e. The zero-order chi connectivity index (χ0) is 13.9. The molecule has 1 amide bonds. The van der Waals surface area contributed by atoms with Gasteiger partial charge in [-0.05, 0) is 37.2 Å². The van der Waals surface area contributed by atoms with Gasteiger partial charge in [-0.1, -0.05) is 19.1 Å². The number of anilines is 1. The van der Waals surface area contributed by atoms with E-state index in [1.807, 2.05) is 37.3 Å². The van der Waals surface area contributed by atoms with E-state index in [2.05, 4.69) is 20.8 Å². The standard InChI is InChI=1S/C15H18N4O/c1-10(12-8-16-9-12)15(20)18-13-4-2-3-11(7-13)14-5-6-17-19-14/h2-7,10,12,16H,8-9H2,1H3,(H,17,19)(H,18,20). The van der Waals surface area contributed by atoms with Gasteiger partial charge in [-0.25, -0.2) is 0 Å². The highest BCUT2D eigenvalue weighted by molar-refractivity contribution is 5.93. The lowest BCUT2D eigenvalue weighted by molar-refractivity contribution is -0.121. The third-order valence-corrected chi connectivity index (χ3v) is 3.88. The summed E-state index contributed by atoms with van der Waals surface area (Å²) >= 11 is 0. The molecule has 1 fully saturated rings. The number of rotatable bonds is 4. The van der Waals surface area contributed by atoms with Gasteiger partial charge in [0, 0.05) is 23.4 Å². The maximum absolute atomic E-state index is 12.2. The molecule has 0 bridgehead atoms. The lowest BCUT2D eigenvalue weighted by Gasteiger charge is -2.31. The number of hydrogen-bond acceptors (Lipinski definition) is 3. The maximum atomic E-state index is 12.2. The third kappa shape index (κ3) is 2.58. The molecule has 2 aromatic rings. The zero-order valence-corrected chi connectivity index (χ0v) is 11.4. The van der Waals surface area contributed by atoms with Crippen LogP contribution in [0.4, 0.5) is 5.69 Å². The fourth-order valence-corrected chi connectivity index (χ4v) is 2.32. The summed E-state index contributed by atoms with van der Waals surface area (Å²) in [7, 11) is 0. The van der Waals surface area contributed by atoms with E-state index in [0.29, 0.717) is 5.92 Å². The van der Waals surface area contributed by atoms with Crippen LogP contribution in [0.5, 0.6) is 0 Å². The topological polar surface area (TPSA) is 69.8 Å². The van der Waals surface area contributed by atoms with Crippen LogP contribution in [0.1, 0.15) is 6.92 Å². The second-order valence-corrected chi connectivity index (χ2v) is 5.25. The molecule has 1 saturated heterocycles. The number of aromatic nitrogens is 2. The van der Waals surface area contributed by atoms with Crippen molar-refractivity contribution in [2.75, 3.05) is 18.4 Å². The summed E-state index contributed by atoms with van der Waals surface area (Å²) in [6.07, 6.45) is 1.71. The van der Waals surface area contributed by atoms with Gasteiger partial charge in [0.15, 0.2) is 0 Å². The Morgan fingerprint density at radius 1 is 1.40 bits per heavy atom. The van der Waals surface area contributed by atoms with Crippen molar-refractivity contribution in [3.63, 3.8) is 0 Å². The van der Waals surface area contributed by atoms with E-state index in [-0.39, 0.29) is 11.8 Å². The highest BCUT2D eigenvalue weighted by Crippen LogP contribution is 2.22. The number of aromatic amines is 1. The van der Waals surface area contributed by atoms with E-state index in [4.69, 9.17) is 0 Å². The van der Waals surface area contributed by atoms with Crippen LogP contribution in [0.15, 0.2) is 36.5 Å². The first-order valence-electron chi connectivity index (χ1n) is 6.85. The van der Waals surface area contributed by atoms with Crippen molar-refractivity contribution in [2.24, 2.45) is 11.8 Å². The summed E-state index contributed by atoms with van der Waals surface area (Å²) in [6.45, 7) is 3.85. The molecule has 20 heavy (non-hydrogen) atoms. The van der Waals surface area contributed by atoms with Crippen molar-refractivity contribution >= 4 is 11.6 Å². The van der Waals surface area contributed by atoms with Gasteiger partial charge in [0.05, 0.1) is 5.69 Å². The molecule has 0 radical (unpaired) electrons. The highest BCUT2D eigenvalue weighted by Gasteiger charge is 2.28. The highest BCUT2D eigenvalue weighted by atomic mass is 16.1. The van der Waals surface area contributed by atoms with Crippen molar-refractivity contribution in [3.8, 4) is 11.3 Å². The van der Waals surface area contributed by atoms with E-state index < -0.39 is 0 Å². The predicted molar refractivity (Wildman–Crippen MR) is 78.2 cm³/mol. The molecule has 1 atom stereocenters. The van der Waals surface area contributed by atoms with Gasteiger partial charge >= 0.3 is 0 Å². The van der Waals surface area contributed by atoms with Crippen molar-refractivity contribution in [1.82, 2.24) is 15.5 Å². The number of hydrogen-bond donors (Lipinski definition) is 3. The van der Waals surface area contributed by atoms with Gasteiger partial charge in [0.2, 0.25) is 5.91 Å². The van der Waals surface area contributed by atoms with E-state index >= 15 is 0 Å². The van der Waals surface area contributed by atoms with E-state index in [0.717, 1.165) is 30.0 Å². The van der Waals surface area contributed by atoms with Crippen LogP contribution in [0.3, 0.4) is 0 Å². The number of H-pyrrole nitrogens is 1. The quantitative estimate of drug-likeness (QED) is 0.794. The first-order valence-corrected chi connectivity index (χ1v) is 6.85. The average Bonchev–Trinajstić information content (AvgIpc) is 2.90. The molecule has 0 spiro atoms. The minimum atomic E-state index is 0.0343. The first kappa shape index (κ1) is 12.9. The first-order chi connectivity index (χ1) is 9.74. The van der Waals surface area contributed by atoms with Gasteiger partial charge in [-0.2, -0.15) is 5.10 Å². The Balaban J connectivity index is 1.71. The minimum absolute atomic E-state index is 0.0343. The van der Waals surface area contributed by atoms with Crippen LogP contribution in [0.2, 0.25) is 0 Å². The van der Waals surface area contributed by atoms with Crippen LogP contribution < -0.4 is 10.6 Å². The summed E-state index contributed by atoms with van der Waals surface area (Å²) in [5, 5.41) is 13.1. The van der Waals surface area contributed by atoms with Crippen molar-refractivity contribution in [2.45, 2.75) is 6.92 Å². The summed E-state index contributed by atoms with van der Waals surface area (Å²) in [6, 6.07) is 9.69. The van der Waals surface area contributed by atoms with Crippen LogP contribution in [0.25, 0.3) is 11.3 Å². The molecule has 1 aromatic carbocycles. The van der Waals surface area contributed by atoms with Crippen LogP contribution in [-0.4, -0.2) is 29.2 Å². The SMILES string of the molecule is CC(C(=O)Nc1cccc(-c2ccn[nH]2)c1)C1CNC1. The van der Waals surface area contributed by atoms with Crippen LogP contribution in [-0.2, 0) is 4.79 Å². The van der Waals surface area contributed by atoms with Gasteiger partial charge in [0.25, 0.3) is 0 Å². The molecule has 3 N–H and O–H groups in total. The molecule has 1 unspecified atom stereocenters. The van der Waals surface area contributed by atoms with Crippen molar-refractivity contribution in [3.05, 3.63) is 36.5 Å². The summed E-state index contributed by atoms with van der Waals surface area (Å²) in [4.78, 5) is 12.2. The van der Waals surface area contributed by atoms with Gasteiger partial charge < -0.3 is 10.6 Å². The zero-order valence-electron chi connectivity index (χ0n) is 11.4.